The van der Waals surface area contributed by atoms with Crippen molar-refractivity contribution in [2.75, 3.05) is 37.0 Å². The SMILES string of the molecule is Cc1cccc(-n2c(SCC(=O)c3cc(C)n(C4CC4)c3C)nnc2N2CCOCC2)c1. The lowest BCUT2D eigenvalue weighted by Gasteiger charge is -2.28. The number of thioether (sulfide) groups is 1. The van der Waals surface area contributed by atoms with Gasteiger partial charge in [-0.2, -0.15) is 0 Å². The third-order valence-corrected chi connectivity index (χ3v) is 7.13. The summed E-state index contributed by atoms with van der Waals surface area (Å²) >= 11 is 1.46. The van der Waals surface area contributed by atoms with Crippen LogP contribution in [0.4, 0.5) is 5.95 Å². The van der Waals surface area contributed by atoms with Gasteiger partial charge in [0.05, 0.1) is 24.7 Å². The molecule has 5 rings (SSSR count). The minimum absolute atomic E-state index is 0.140. The summed E-state index contributed by atoms with van der Waals surface area (Å²) in [6.07, 6.45) is 2.42. The summed E-state index contributed by atoms with van der Waals surface area (Å²) in [7, 11) is 0. The molecule has 2 fully saturated rings. The van der Waals surface area contributed by atoms with Crippen molar-refractivity contribution < 1.29 is 9.53 Å². The Morgan fingerprint density at radius 3 is 2.62 bits per heavy atom. The molecule has 0 atom stereocenters. The Balaban J connectivity index is 1.41. The van der Waals surface area contributed by atoms with Gasteiger partial charge in [0.25, 0.3) is 0 Å². The van der Waals surface area contributed by atoms with Crippen LogP contribution in [0, 0.1) is 20.8 Å². The molecular weight excluding hydrogens is 422 g/mol. The van der Waals surface area contributed by atoms with Gasteiger partial charge in [-0.1, -0.05) is 23.9 Å². The Morgan fingerprint density at radius 2 is 1.91 bits per heavy atom. The second-order valence-electron chi connectivity index (χ2n) is 8.65. The van der Waals surface area contributed by atoms with E-state index in [2.05, 4.69) is 63.2 Å². The number of carbonyl (C=O) groups is 1. The van der Waals surface area contributed by atoms with E-state index in [1.807, 2.05) is 12.1 Å². The zero-order valence-corrected chi connectivity index (χ0v) is 19.7. The van der Waals surface area contributed by atoms with Crippen molar-refractivity contribution in [2.45, 2.75) is 44.8 Å². The molecule has 32 heavy (non-hydrogen) atoms. The maximum absolute atomic E-state index is 13.1. The third kappa shape index (κ3) is 4.09. The number of carbonyl (C=O) groups excluding carboxylic acids is 1. The molecule has 7 nitrogen and oxygen atoms in total. The molecule has 2 aliphatic rings. The molecule has 3 heterocycles. The predicted molar refractivity (Wildman–Crippen MR) is 126 cm³/mol. The number of aryl methyl sites for hydroxylation is 2. The fourth-order valence-electron chi connectivity index (χ4n) is 4.48. The predicted octanol–water partition coefficient (Wildman–Crippen LogP) is 4.14. The van der Waals surface area contributed by atoms with Crippen molar-refractivity contribution in [3.05, 3.63) is 52.8 Å². The first-order valence-corrected chi connectivity index (χ1v) is 12.2. The topological polar surface area (TPSA) is 65.2 Å². The smallest absolute Gasteiger partial charge is 0.232 e. The number of Topliss-reactive ketones (excluding diaryl/α,β-unsaturated/α-hetero) is 1. The summed E-state index contributed by atoms with van der Waals surface area (Å²) in [6.45, 7) is 9.15. The highest BCUT2D eigenvalue weighted by molar-refractivity contribution is 7.99. The van der Waals surface area contributed by atoms with Crippen LogP contribution in [-0.2, 0) is 4.74 Å². The van der Waals surface area contributed by atoms with Gasteiger partial charge in [0.1, 0.15) is 0 Å². The van der Waals surface area contributed by atoms with Crippen molar-refractivity contribution in [3.63, 3.8) is 0 Å². The second kappa shape index (κ2) is 8.75. The minimum atomic E-state index is 0.140. The van der Waals surface area contributed by atoms with E-state index in [0.29, 0.717) is 25.0 Å². The maximum Gasteiger partial charge on any atom is 0.232 e. The summed E-state index contributed by atoms with van der Waals surface area (Å²) < 4.78 is 9.91. The van der Waals surface area contributed by atoms with E-state index < -0.39 is 0 Å². The summed E-state index contributed by atoms with van der Waals surface area (Å²) in [4.78, 5) is 15.3. The van der Waals surface area contributed by atoms with Gasteiger partial charge in [0, 0.05) is 36.1 Å². The fraction of sp³-hybridized carbons (Fsp3) is 0.458. The molecule has 8 heteroatoms. The Labute approximate surface area is 192 Å². The van der Waals surface area contributed by atoms with Crippen LogP contribution in [0.5, 0.6) is 0 Å². The Hall–Kier alpha value is -2.58. The third-order valence-electron chi connectivity index (χ3n) is 6.20. The zero-order chi connectivity index (χ0) is 22.2. The number of aromatic nitrogens is 4. The number of nitrogens with zero attached hydrogens (tertiary/aromatic N) is 5. The van der Waals surface area contributed by atoms with E-state index >= 15 is 0 Å². The molecule has 0 spiro atoms. The van der Waals surface area contributed by atoms with Crippen LogP contribution in [-0.4, -0.2) is 57.2 Å². The standard InChI is InChI=1S/C24H29N5O2S/c1-16-5-4-6-20(13-16)29-23(27-9-11-31-12-10-27)25-26-24(29)32-15-22(30)21-14-17(2)28(18(21)3)19-7-8-19/h4-6,13-14,19H,7-12,15H2,1-3H3. The average molecular weight is 452 g/mol. The van der Waals surface area contributed by atoms with Gasteiger partial charge in [-0.3, -0.25) is 9.36 Å². The summed E-state index contributed by atoms with van der Waals surface area (Å²) in [6, 6.07) is 10.9. The van der Waals surface area contributed by atoms with E-state index in [1.54, 1.807) is 0 Å². The molecule has 1 aliphatic heterocycles. The van der Waals surface area contributed by atoms with E-state index in [9.17, 15) is 4.79 Å². The number of hydrogen-bond donors (Lipinski definition) is 0. The lowest BCUT2D eigenvalue weighted by atomic mass is 10.2. The molecule has 0 unspecified atom stereocenters. The first-order valence-electron chi connectivity index (χ1n) is 11.2. The van der Waals surface area contributed by atoms with Crippen LogP contribution in [0.25, 0.3) is 5.69 Å². The van der Waals surface area contributed by atoms with E-state index in [0.717, 1.165) is 41.1 Å². The van der Waals surface area contributed by atoms with Gasteiger partial charge in [0.15, 0.2) is 10.9 Å². The molecule has 0 bridgehead atoms. The normalized spacial score (nSPS) is 16.5. The van der Waals surface area contributed by atoms with Crippen LogP contribution in [0.3, 0.4) is 0 Å². The summed E-state index contributed by atoms with van der Waals surface area (Å²) in [5.41, 5.74) is 5.28. The lowest BCUT2D eigenvalue weighted by Crippen LogP contribution is -2.37. The molecule has 1 saturated carbocycles. The zero-order valence-electron chi connectivity index (χ0n) is 18.9. The molecule has 2 aromatic heterocycles. The highest BCUT2D eigenvalue weighted by Gasteiger charge is 2.29. The second-order valence-corrected chi connectivity index (χ2v) is 9.60. The highest BCUT2D eigenvalue weighted by atomic mass is 32.2. The van der Waals surface area contributed by atoms with Gasteiger partial charge in [-0.15, -0.1) is 10.2 Å². The Kier molecular flexibility index (Phi) is 5.82. The fourth-order valence-corrected chi connectivity index (χ4v) is 5.31. The quantitative estimate of drug-likeness (QED) is 0.397. The lowest BCUT2D eigenvalue weighted by molar-refractivity contribution is 0.102. The molecule has 3 aromatic rings. The molecule has 0 N–H and O–H groups in total. The molecule has 168 valence electrons. The van der Waals surface area contributed by atoms with Crippen LogP contribution in [0.2, 0.25) is 0 Å². The van der Waals surface area contributed by atoms with Gasteiger partial charge in [-0.05, 0) is 57.4 Å². The number of ether oxygens (including phenoxy) is 1. The number of rotatable bonds is 7. The number of morpholine rings is 1. The Morgan fingerprint density at radius 1 is 1.12 bits per heavy atom. The van der Waals surface area contributed by atoms with Crippen molar-refractivity contribution in [3.8, 4) is 5.69 Å². The van der Waals surface area contributed by atoms with E-state index in [4.69, 9.17) is 4.74 Å². The van der Waals surface area contributed by atoms with E-state index in [-0.39, 0.29) is 5.78 Å². The molecule has 1 aliphatic carbocycles. The monoisotopic (exact) mass is 451 g/mol. The largest absolute Gasteiger partial charge is 0.378 e. The first kappa shape index (κ1) is 21.3. The van der Waals surface area contributed by atoms with Crippen LogP contribution < -0.4 is 4.90 Å². The molecule has 1 aromatic carbocycles. The van der Waals surface area contributed by atoms with Gasteiger partial charge < -0.3 is 14.2 Å². The molecular formula is C24H29N5O2S. The Bertz CT molecular complexity index is 1140. The number of benzene rings is 1. The first-order chi connectivity index (χ1) is 15.5. The number of hydrogen-bond acceptors (Lipinski definition) is 6. The van der Waals surface area contributed by atoms with Crippen LogP contribution in [0.1, 0.15) is 46.2 Å². The van der Waals surface area contributed by atoms with Gasteiger partial charge >= 0.3 is 0 Å². The minimum Gasteiger partial charge on any atom is -0.378 e. The van der Waals surface area contributed by atoms with Crippen molar-refractivity contribution in [1.29, 1.82) is 0 Å². The van der Waals surface area contributed by atoms with Gasteiger partial charge in [0.2, 0.25) is 5.95 Å². The molecule has 0 amide bonds. The highest BCUT2D eigenvalue weighted by Crippen LogP contribution is 2.38. The summed E-state index contributed by atoms with van der Waals surface area (Å²) in [5.74, 6) is 1.28. The van der Waals surface area contributed by atoms with Gasteiger partial charge in [-0.25, -0.2) is 0 Å². The molecule has 0 radical (unpaired) electrons. The summed E-state index contributed by atoms with van der Waals surface area (Å²) in [5, 5.41) is 9.73. The number of anilines is 1. The van der Waals surface area contributed by atoms with Crippen LogP contribution >= 0.6 is 11.8 Å². The van der Waals surface area contributed by atoms with Crippen molar-refractivity contribution >= 4 is 23.5 Å². The number of ketones is 1. The maximum atomic E-state index is 13.1. The van der Waals surface area contributed by atoms with Crippen molar-refractivity contribution in [2.24, 2.45) is 0 Å². The van der Waals surface area contributed by atoms with Crippen molar-refractivity contribution in [1.82, 2.24) is 19.3 Å². The average Bonchev–Trinajstić information content (AvgIpc) is 3.45. The van der Waals surface area contributed by atoms with Crippen LogP contribution in [0.15, 0.2) is 35.5 Å². The van der Waals surface area contributed by atoms with E-state index in [1.165, 1.54) is 35.9 Å². The molecule has 1 saturated heterocycles.